The summed E-state index contributed by atoms with van der Waals surface area (Å²) in [6.07, 6.45) is 4.84. The molecule has 0 aliphatic carbocycles. The molecule has 0 unspecified atom stereocenters. The number of nitrogens with zero attached hydrogens (tertiary/aromatic N) is 2. The second kappa shape index (κ2) is 6.91. The molecule has 0 bridgehead atoms. The lowest BCUT2D eigenvalue weighted by atomic mass is 10.1. The van der Waals surface area contributed by atoms with Gasteiger partial charge in [-0.2, -0.15) is 0 Å². The summed E-state index contributed by atoms with van der Waals surface area (Å²) in [5.41, 5.74) is 2.49. The van der Waals surface area contributed by atoms with E-state index in [4.69, 9.17) is 0 Å². The van der Waals surface area contributed by atoms with Crippen molar-refractivity contribution in [3.63, 3.8) is 0 Å². The molecule has 24 heavy (non-hydrogen) atoms. The molecule has 5 heteroatoms. The third-order valence-corrected chi connectivity index (χ3v) is 3.79. The van der Waals surface area contributed by atoms with Crippen molar-refractivity contribution in [1.82, 2.24) is 9.55 Å². The number of aryl methyl sites for hydroxylation is 1. The predicted molar refractivity (Wildman–Crippen MR) is 93.2 cm³/mol. The second-order valence-corrected chi connectivity index (χ2v) is 5.48. The zero-order chi connectivity index (χ0) is 16.9. The highest BCUT2D eigenvalue weighted by molar-refractivity contribution is 6.03. The normalized spacial score (nSPS) is 10.4. The third kappa shape index (κ3) is 3.41. The van der Waals surface area contributed by atoms with Gasteiger partial charge in [0.25, 0.3) is 11.5 Å². The topological polar surface area (TPSA) is 64.0 Å². The summed E-state index contributed by atoms with van der Waals surface area (Å²) >= 11 is 0. The average molecular weight is 319 g/mol. The molecule has 0 saturated carbocycles. The van der Waals surface area contributed by atoms with Crippen molar-refractivity contribution in [2.75, 3.05) is 5.32 Å². The van der Waals surface area contributed by atoms with Crippen molar-refractivity contribution >= 4 is 11.6 Å². The number of hydrogen-bond acceptors (Lipinski definition) is 3. The molecule has 2 heterocycles. The number of carbonyl (C=O) groups excluding carboxylic acids is 1. The van der Waals surface area contributed by atoms with Crippen LogP contribution in [0.1, 0.15) is 21.5 Å². The van der Waals surface area contributed by atoms with Gasteiger partial charge in [-0.15, -0.1) is 0 Å². The smallest absolute Gasteiger partial charge is 0.263 e. The summed E-state index contributed by atoms with van der Waals surface area (Å²) in [4.78, 5) is 28.9. The fourth-order valence-electron chi connectivity index (χ4n) is 2.44. The van der Waals surface area contributed by atoms with Gasteiger partial charge in [0.1, 0.15) is 5.56 Å². The molecular weight excluding hydrogens is 302 g/mol. The van der Waals surface area contributed by atoms with Crippen LogP contribution < -0.4 is 10.9 Å². The van der Waals surface area contributed by atoms with Gasteiger partial charge in [0.15, 0.2) is 0 Å². The lowest BCUT2D eigenvalue weighted by Crippen LogP contribution is -2.29. The number of hydrogen-bond donors (Lipinski definition) is 1. The van der Waals surface area contributed by atoms with Crippen molar-refractivity contribution in [3.8, 4) is 0 Å². The molecule has 3 rings (SSSR count). The van der Waals surface area contributed by atoms with Crippen molar-refractivity contribution < 1.29 is 4.79 Å². The molecule has 1 aromatic carbocycles. The van der Waals surface area contributed by atoms with Crippen LogP contribution in [0, 0.1) is 6.92 Å². The maximum absolute atomic E-state index is 12.6. The molecule has 0 aliphatic rings. The van der Waals surface area contributed by atoms with Gasteiger partial charge in [-0.05, 0) is 42.3 Å². The molecule has 3 aromatic rings. The molecule has 0 atom stereocenters. The van der Waals surface area contributed by atoms with Crippen molar-refractivity contribution in [1.29, 1.82) is 0 Å². The Morgan fingerprint density at radius 2 is 1.96 bits per heavy atom. The number of nitrogens with one attached hydrogen (secondary N) is 1. The average Bonchev–Trinajstić information content (AvgIpc) is 2.59. The summed E-state index contributed by atoms with van der Waals surface area (Å²) in [7, 11) is 0. The first-order valence-corrected chi connectivity index (χ1v) is 7.60. The number of rotatable bonds is 4. The van der Waals surface area contributed by atoms with Gasteiger partial charge in [0, 0.05) is 12.4 Å². The van der Waals surface area contributed by atoms with Crippen LogP contribution in [-0.4, -0.2) is 15.5 Å². The van der Waals surface area contributed by atoms with Crippen LogP contribution in [0.25, 0.3) is 0 Å². The minimum atomic E-state index is -0.438. The number of carbonyl (C=O) groups is 1. The number of aromatic nitrogens is 2. The van der Waals surface area contributed by atoms with Crippen molar-refractivity contribution in [2.45, 2.75) is 13.5 Å². The maximum Gasteiger partial charge on any atom is 0.263 e. The van der Waals surface area contributed by atoms with Crippen LogP contribution in [0.3, 0.4) is 0 Å². The third-order valence-electron chi connectivity index (χ3n) is 3.79. The SMILES string of the molecule is Cc1ccccc1Cn1cccc(C(=O)Nc2cccnc2)c1=O. The van der Waals surface area contributed by atoms with Crippen LogP contribution in [0.15, 0.2) is 71.9 Å². The van der Waals surface area contributed by atoms with E-state index in [1.807, 2.05) is 31.2 Å². The summed E-state index contributed by atoms with van der Waals surface area (Å²) in [5, 5.41) is 2.69. The number of benzene rings is 1. The molecule has 0 aliphatic heterocycles. The van der Waals surface area contributed by atoms with Crippen LogP contribution >= 0.6 is 0 Å². The molecule has 120 valence electrons. The van der Waals surface area contributed by atoms with Gasteiger partial charge in [-0.3, -0.25) is 14.6 Å². The lowest BCUT2D eigenvalue weighted by Gasteiger charge is -2.10. The van der Waals surface area contributed by atoms with Gasteiger partial charge in [-0.1, -0.05) is 24.3 Å². The van der Waals surface area contributed by atoms with Crippen LogP contribution in [-0.2, 0) is 6.54 Å². The fourth-order valence-corrected chi connectivity index (χ4v) is 2.44. The molecule has 0 saturated heterocycles. The highest BCUT2D eigenvalue weighted by atomic mass is 16.2. The van der Waals surface area contributed by atoms with Gasteiger partial charge >= 0.3 is 0 Å². The van der Waals surface area contributed by atoms with Gasteiger partial charge in [0.2, 0.25) is 0 Å². The van der Waals surface area contributed by atoms with Crippen molar-refractivity contribution in [3.05, 3.63) is 94.2 Å². The first kappa shape index (κ1) is 15.7. The van der Waals surface area contributed by atoms with Gasteiger partial charge in [-0.25, -0.2) is 0 Å². The van der Waals surface area contributed by atoms with E-state index in [2.05, 4.69) is 10.3 Å². The Kier molecular flexibility index (Phi) is 4.52. The molecule has 0 fully saturated rings. The molecule has 0 radical (unpaired) electrons. The largest absolute Gasteiger partial charge is 0.320 e. The Morgan fingerprint density at radius 1 is 1.12 bits per heavy atom. The van der Waals surface area contributed by atoms with Crippen LogP contribution in [0.5, 0.6) is 0 Å². The van der Waals surface area contributed by atoms with E-state index in [0.717, 1.165) is 11.1 Å². The fraction of sp³-hybridized carbons (Fsp3) is 0.105. The summed E-state index contributed by atoms with van der Waals surface area (Å²) in [5.74, 6) is -0.438. The Bertz CT molecular complexity index is 917. The van der Waals surface area contributed by atoms with Crippen LogP contribution in [0.2, 0.25) is 0 Å². The lowest BCUT2D eigenvalue weighted by molar-refractivity contribution is 0.102. The van der Waals surface area contributed by atoms with E-state index in [9.17, 15) is 9.59 Å². The Balaban J connectivity index is 1.87. The molecule has 1 N–H and O–H groups in total. The molecule has 1 amide bonds. The van der Waals surface area contributed by atoms with E-state index >= 15 is 0 Å². The Morgan fingerprint density at radius 3 is 2.71 bits per heavy atom. The summed E-state index contributed by atoms with van der Waals surface area (Å²) in [6.45, 7) is 2.43. The van der Waals surface area contributed by atoms with E-state index in [1.54, 1.807) is 35.2 Å². The van der Waals surface area contributed by atoms with E-state index in [-0.39, 0.29) is 11.1 Å². The minimum absolute atomic E-state index is 0.106. The first-order chi connectivity index (χ1) is 11.6. The number of pyridine rings is 2. The van der Waals surface area contributed by atoms with E-state index in [0.29, 0.717) is 12.2 Å². The monoisotopic (exact) mass is 319 g/mol. The maximum atomic E-state index is 12.6. The summed E-state index contributed by atoms with van der Waals surface area (Å²) in [6, 6.07) is 14.5. The predicted octanol–water partition coefficient (Wildman–Crippen LogP) is 2.85. The van der Waals surface area contributed by atoms with Gasteiger partial charge in [0.05, 0.1) is 18.4 Å². The first-order valence-electron chi connectivity index (χ1n) is 7.60. The molecule has 0 spiro atoms. The van der Waals surface area contributed by atoms with E-state index < -0.39 is 5.91 Å². The highest BCUT2D eigenvalue weighted by Gasteiger charge is 2.13. The van der Waals surface area contributed by atoms with Crippen LogP contribution in [0.4, 0.5) is 5.69 Å². The molecule has 2 aromatic heterocycles. The number of amides is 1. The second-order valence-electron chi connectivity index (χ2n) is 5.48. The van der Waals surface area contributed by atoms with Gasteiger partial charge < -0.3 is 9.88 Å². The zero-order valence-electron chi connectivity index (χ0n) is 13.3. The standard InChI is InChI=1S/C19H17N3O2/c1-14-6-2-3-7-15(14)13-22-11-5-9-17(19(22)24)18(23)21-16-8-4-10-20-12-16/h2-12H,13H2,1H3,(H,21,23). The highest BCUT2D eigenvalue weighted by Crippen LogP contribution is 2.09. The molecular formula is C19H17N3O2. The Labute approximate surface area is 139 Å². The summed E-state index contributed by atoms with van der Waals surface area (Å²) < 4.78 is 1.54. The Hall–Kier alpha value is -3.21. The molecule has 5 nitrogen and oxygen atoms in total. The number of anilines is 1. The van der Waals surface area contributed by atoms with E-state index in [1.165, 1.54) is 12.3 Å². The van der Waals surface area contributed by atoms with Crippen molar-refractivity contribution in [2.24, 2.45) is 0 Å². The minimum Gasteiger partial charge on any atom is -0.320 e. The quantitative estimate of drug-likeness (QED) is 0.804. The zero-order valence-corrected chi connectivity index (χ0v) is 13.3.